The molecule has 0 fully saturated rings. The predicted molar refractivity (Wildman–Crippen MR) is 75.7 cm³/mol. The van der Waals surface area contributed by atoms with Gasteiger partial charge in [-0.25, -0.2) is 14.4 Å². The van der Waals surface area contributed by atoms with Crippen LogP contribution in [0.25, 0.3) is 0 Å². The summed E-state index contributed by atoms with van der Waals surface area (Å²) in [6, 6.07) is 4.10. The number of hydrogen-bond donors (Lipinski definition) is 1. The molecule has 1 aromatic carbocycles. The van der Waals surface area contributed by atoms with E-state index in [1.807, 2.05) is 6.92 Å². The first-order valence-electron chi connectivity index (χ1n) is 5.83. The second-order valence-electron chi connectivity index (χ2n) is 3.99. The fraction of sp³-hybridized carbons (Fsp3) is 0.231. The summed E-state index contributed by atoms with van der Waals surface area (Å²) in [6.07, 6.45) is 2.99. The van der Waals surface area contributed by atoms with E-state index in [0.717, 1.165) is 18.4 Å². The third-order valence-corrected chi connectivity index (χ3v) is 3.23. The van der Waals surface area contributed by atoms with Crippen LogP contribution >= 0.6 is 23.2 Å². The minimum absolute atomic E-state index is 0.371. The van der Waals surface area contributed by atoms with Crippen LogP contribution in [-0.2, 0) is 6.42 Å². The maximum atomic E-state index is 13.2. The van der Waals surface area contributed by atoms with E-state index in [-0.39, 0.29) is 5.82 Å². The van der Waals surface area contributed by atoms with Gasteiger partial charge in [-0.15, -0.1) is 0 Å². The van der Waals surface area contributed by atoms with Gasteiger partial charge in [-0.1, -0.05) is 36.5 Å². The molecule has 1 aromatic heterocycles. The van der Waals surface area contributed by atoms with Gasteiger partial charge in [0.1, 0.15) is 23.1 Å². The Morgan fingerprint density at radius 3 is 2.79 bits per heavy atom. The molecule has 0 saturated heterocycles. The van der Waals surface area contributed by atoms with Gasteiger partial charge in [0.25, 0.3) is 0 Å². The number of nitrogens with zero attached hydrogens (tertiary/aromatic N) is 2. The van der Waals surface area contributed by atoms with Crippen LogP contribution in [0.3, 0.4) is 0 Å². The summed E-state index contributed by atoms with van der Waals surface area (Å²) in [5, 5.41) is 3.81. The van der Waals surface area contributed by atoms with Crippen LogP contribution in [0.2, 0.25) is 10.2 Å². The van der Waals surface area contributed by atoms with Crippen LogP contribution < -0.4 is 5.32 Å². The Labute approximate surface area is 120 Å². The van der Waals surface area contributed by atoms with Crippen molar-refractivity contribution in [2.45, 2.75) is 19.8 Å². The van der Waals surface area contributed by atoms with Gasteiger partial charge in [-0.05, 0) is 24.6 Å². The first-order chi connectivity index (χ1) is 9.11. The molecule has 6 heteroatoms. The quantitative estimate of drug-likeness (QED) is 0.837. The van der Waals surface area contributed by atoms with Gasteiger partial charge in [0.05, 0.1) is 10.7 Å². The molecule has 2 aromatic rings. The van der Waals surface area contributed by atoms with Crippen molar-refractivity contribution in [2.75, 3.05) is 5.32 Å². The molecule has 0 radical (unpaired) electrons. The second kappa shape index (κ2) is 6.17. The highest BCUT2D eigenvalue weighted by Crippen LogP contribution is 2.29. The Balaban J connectivity index is 2.37. The molecule has 0 aliphatic carbocycles. The molecule has 2 rings (SSSR count). The van der Waals surface area contributed by atoms with Gasteiger partial charge in [-0.2, -0.15) is 0 Å². The van der Waals surface area contributed by atoms with Crippen LogP contribution in [0, 0.1) is 5.82 Å². The number of anilines is 2. The monoisotopic (exact) mass is 299 g/mol. The first kappa shape index (κ1) is 14.0. The molecule has 0 bridgehead atoms. The summed E-state index contributed by atoms with van der Waals surface area (Å²) in [6.45, 7) is 2.03. The fourth-order valence-corrected chi connectivity index (χ4v) is 2.08. The molecule has 100 valence electrons. The van der Waals surface area contributed by atoms with Gasteiger partial charge in [0.2, 0.25) is 0 Å². The zero-order valence-electron chi connectivity index (χ0n) is 10.3. The molecule has 0 aliphatic rings. The molecular formula is C13H12Cl2FN3. The van der Waals surface area contributed by atoms with Crippen LogP contribution in [0.15, 0.2) is 24.5 Å². The lowest BCUT2D eigenvalue weighted by molar-refractivity contribution is 0.628. The molecule has 0 unspecified atom stereocenters. The van der Waals surface area contributed by atoms with Crippen molar-refractivity contribution in [3.63, 3.8) is 0 Å². The lowest BCUT2D eigenvalue weighted by Crippen LogP contribution is -2.02. The average Bonchev–Trinajstić information content (AvgIpc) is 2.38. The number of aromatic nitrogens is 2. The molecule has 19 heavy (non-hydrogen) atoms. The molecule has 3 nitrogen and oxygen atoms in total. The number of hydrogen-bond acceptors (Lipinski definition) is 3. The second-order valence-corrected chi connectivity index (χ2v) is 4.76. The molecule has 0 aliphatic heterocycles. The van der Waals surface area contributed by atoms with Crippen LogP contribution in [0.5, 0.6) is 0 Å². The Kier molecular flexibility index (Phi) is 4.56. The summed E-state index contributed by atoms with van der Waals surface area (Å²) in [5.41, 5.74) is 1.25. The number of nitrogens with one attached hydrogen (secondary N) is 1. The van der Waals surface area contributed by atoms with E-state index in [9.17, 15) is 4.39 Å². The highest BCUT2D eigenvalue weighted by atomic mass is 35.5. The van der Waals surface area contributed by atoms with E-state index < -0.39 is 0 Å². The summed E-state index contributed by atoms with van der Waals surface area (Å²) >= 11 is 12.1. The smallest absolute Gasteiger partial charge is 0.138 e. The normalized spacial score (nSPS) is 10.5. The zero-order valence-corrected chi connectivity index (χ0v) is 11.8. The van der Waals surface area contributed by atoms with E-state index in [1.165, 1.54) is 24.5 Å². The first-order valence-corrected chi connectivity index (χ1v) is 6.59. The number of halogens is 3. The maximum Gasteiger partial charge on any atom is 0.138 e. The van der Waals surface area contributed by atoms with Crippen LogP contribution in [-0.4, -0.2) is 9.97 Å². The van der Waals surface area contributed by atoms with Crippen LogP contribution in [0.4, 0.5) is 15.9 Å². The van der Waals surface area contributed by atoms with Gasteiger partial charge in [0.15, 0.2) is 0 Å². The molecular weight excluding hydrogens is 288 g/mol. The van der Waals surface area contributed by atoms with Crippen molar-refractivity contribution in [1.29, 1.82) is 0 Å². The Bertz CT molecular complexity index is 590. The van der Waals surface area contributed by atoms with Crippen LogP contribution in [0.1, 0.15) is 18.9 Å². The molecule has 0 saturated carbocycles. The maximum absolute atomic E-state index is 13.2. The minimum atomic E-state index is -0.371. The van der Waals surface area contributed by atoms with Gasteiger partial charge in [0, 0.05) is 5.56 Å². The summed E-state index contributed by atoms with van der Waals surface area (Å²) < 4.78 is 13.2. The van der Waals surface area contributed by atoms with Gasteiger partial charge < -0.3 is 5.32 Å². The van der Waals surface area contributed by atoms with Crippen molar-refractivity contribution in [2.24, 2.45) is 0 Å². The fourth-order valence-electron chi connectivity index (χ4n) is 1.69. The molecule has 1 N–H and O–H groups in total. The van der Waals surface area contributed by atoms with Gasteiger partial charge in [-0.3, -0.25) is 0 Å². The highest BCUT2D eigenvalue weighted by Gasteiger charge is 2.11. The molecule has 0 amide bonds. The summed E-state index contributed by atoms with van der Waals surface area (Å²) in [4.78, 5) is 8.08. The topological polar surface area (TPSA) is 37.8 Å². The Morgan fingerprint density at radius 2 is 2.05 bits per heavy atom. The van der Waals surface area contributed by atoms with Crippen molar-refractivity contribution in [3.05, 3.63) is 46.1 Å². The lowest BCUT2D eigenvalue weighted by Gasteiger charge is -2.12. The van der Waals surface area contributed by atoms with E-state index >= 15 is 0 Å². The summed E-state index contributed by atoms with van der Waals surface area (Å²) in [7, 11) is 0. The zero-order chi connectivity index (χ0) is 13.8. The molecule has 0 atom stereocenters. The average molecular weight is 300 g/mol. The SMILES string of the molecule is CCCc1c(Cl)ncnc1Nc1cc(F)ccc1Cl. The van der Waals surface area contributed by atoms with E-state index in [4.69, 9.17) is 23.2 Å². The van der Waals surface area contributed by atoms with Crippen molar-refractivity contribution in [3.8, 4) is 0 Å². The Morgan fingerprint density at radius 1 is 1.26 bits per heavy atom. The largest absolute Gasteiger partial charge is 0.339 e. The Hall–Kier alpha value is -1.39. The van der Waals surface area contributed by atoms with Crippen molar-refractivity contribution in [1.82, 2.24) is 9.97 Å². The van der Waals surface area contributed by atoms with Crippen molar-refractivity contribution < 1.29 is 4.39 Å². The van der Waals surface area contributed by atoms with E-state index in [0.29, 0.717) is 21.7 Å². The molecule has 1 heterocycles. The third-order valence-electron chi connectivity index (χ3n) is 2.57. The third kappa shape index (κ3) is 3.33. The van der Waals surface area contributed by atoms with E-state index in [1.54, 1.807) is 0 Å². The van der Waals surface area contributed by atoms with Crippen molar-refractivity contribution >= 4 is 34.7 Å². The highest BCUT2D eigenvalue weighted by molar-refractivity contribution is 6.33. The molecule has 0 spiro atoms. The summed E-state index contributed by atoms with van der Waals surface area (Å²) in [5.74, 6) is 0.179. The lowest BCUT2D eigenvalue weighted by atomic mass is 10.2. The minimum Gasteiger partial charge on any atom is -0.339 e. The standard InChI is InChI=1S/C13H12Cl2FN3/c1-2-3-9-12(15)17-7-18-13(9)19-11-6-8(16)4-5-10(11)14/h4-7H,2-3H2,1H3,(H,17,18,19). The van der Waals surface area contributed by atoms with E-state index in [2.05, 4.69) is 15.3 Å². The predicted octanol–water partition coefficient (Wildman–Crippen LogP) is 4.62. The van der Waals surface area contributed by atoms with Gasteiger partial charge >= 0.3 is 0 Å². The number of rotatable bonds is 4. The number of benzene rings is 1.